The van der Waals surface area contributed by atoms with Gasteiger partial charge in [0, 0.05) is 18.7 Å². The van der Waals surface area contributed by atoms with Crippen molar-refractivity contribution in [1.82, 2.24) is 5.06 Å². The summed E-state index contributed by atoms with van der Waals surface area (Å²) < 4.78 is 5.16. The molecule has 0 aliphatic heterocycles. The molecule has 0 aliphatic carbocycles. The molecule has 0 fully saturated rings. The minimum absolute atomic E-state index is 0.228. The molecule has 0 radical (unpaired) electrons. The van der Waals surface area contributed by atoms with E-state index in [1.54, 1.807) is 20.2 Å². The van der Waals surface area contributed by atoms with E-state index < -0.39 is 0 Å². The SMILES string of the molecule is COc1ccccc1C=CC(=O)N(C)OC. The molecule has 0 saturated heterocycles. The van der Waals surface area contributed by atoms with Gasteiger partial charge in [-0.1, -0.05) is 18.2 Å². The number of ether oxygens (including phenoxy) is 1. The Bertz CT molecular complexity index is 388. The number of nitrogens with zero attached hydrogens (tertiary/aromatic N) is 1. The molecule has 0 saturated carbocycles. The van der Waals surface area contributed by atoms with Crippen LogP contribution >= 0.6 is 0 Å². The van der Waals surface area contributed by atoms with Gasteiger partial charge >= 0.3 is 0 Å². The molecule has 86 valence electrons. The van der Waals surface area contributed by atoms with Crippen LogP contribution in [0.2, 0.25) is 0 Å². The van der Waals surface area contributed by atoms with Gasteiger partial charge in [0.15, 0.2) is 0 Å². The van der Waals surface area contributed by atoms with Crippen molar-refractivity contribution in [1.29, 1.82) is 0 Å². The zero-order chi connectivity index (χ0) is 12.0. The monoisotopic (exact) mass is 221 g/mol. The zero-order valence-corrected chi connectivity index (χ0v) is 9.64. The molecule has 1 rings (SSSR count). The quantitative estimate of drug-likeness (QED) is 0.574. The summed E-state index contributed by atoms with van der Waals surface area (Å²) in [6.45, 7) is 0. The predicted molar refractivity (Wildman–Crippen MR) is 61.8 cm³/mol. The van der Waals surface area contributed by atoms with Gasteiger partial charge < -0.3 is 4.74 Å². The predicted octanol–water partition coefficient (Wildman–Crippen LogP) is 1.73. The van der Waals surface area contributed by atoms with E-state index in [0.29, 0.717) is 0 Å². The van der Waals surface area contributed by atoms with Crippen LogP contribution in [0, 0.1) is 0 Å². The second-order valence-corrected chi connectivity index (χ2v) is 3.09. The Morgan fingerprint density at radius 2 is 2.00 bits per heavy atom. The van der Waals surface area contributed by atoms with E-state index >= 15 is 0 Å². The van der Waals surface area contributed by atoms with Crippen molar-refractivity contribution in [2.75, 3.05) is 21.3 Å². The topological polar surface area (TPSA) is 38.8 Å². The number of likely N-dealkylation sites (N-methyl/N-ethyl adjacent to an activating group) is 1. The average Bonchev–Trinajstić information content (AvgIpc) is 2.35. The van der Waals surface area contributed by atoms with Crippen LogP contribution in [0.1, 0.15) is 5.56 Å². The lowest BCUT2D eigenvalue weighted by molar-refractivity contribution is -0.162. The van der Waals surface area contributed by atoms with Gasteiger partial charge in [0.25, 0.3) is 5.91 Å². The molecule has 16 heavy (non-hydrogen) atoms. The van der Waals surface area contributed by atoms with Gasteiger partial charge in [-0.05, 0) is 12.1 Å². The van der Waals surface area contributed by atoms with Crippen molar-refractivity contribution in [2.45, 2.75) is 0 Å². The first-order valence-corrected chi connectivity index (χ1v) is 4.82. The van der Waals surface area contributed by atoms with Gasteiger partial charge in [-0.2, -0.15) is 0 Å². The maximum absolute atomic E-state index is 11.4. The fourth-order valence-electron chi connectivity index (χ4n) is 1.16. The van der Waals surface area contributed by atoms with Crippen LogP contribution in [0.15, 0.2) is 30.3 Å². The Morgan fingerprint density at radius 1 is 1.31 bits per heavy atom. The second-order valence-electron chi connectivity index (χ2n) is 3.09. The Kier molecular flexibility index (Phi) is 4.54. The van der Waals surface area contributed by atoms with E-state index in [9.17, 15) is 4.79 Å². The summed E-state index contributed by atoms with van der Waals surface area (Å²) in [4.78, 5) is 16.2. The zero-order valence-electron chi connectivity index (χ0n) is 9.64. The molecule has 0 atom stereocenters. The third kappa shape index (κ3) is 3.10. The first kappa shape index (κ1) is 12.3. The van der Waals surface area contributed by atoms with Gasteiger partial charge in [0.2, 0.25) is 0 Å². The standard InChI is InChI=1S/C12H15NO3/c1-13(16-3)12(14)9-8-10-6-4-5-7-11(10)15-2/h4-9H,1-3H3. The highest BCUT2D eigenvalue weighted by Gasteiger charge is 2.03. The van der Waals surface area contributed by atoms with Crippen molar-refractivity contribution in [2.24, 2.45) is 0 Å². The summed E-state index contributed by atoms with van der Waals surface area (Å²) in [7, 11) is 4.58. The molecule has 0 spiro atoms. The van der Waals surface area contributed by atoms with Crippen molar-refractivity contribution in [3.8, 4) is 5.75 Å². The van der Waals surface area contributed by atoms with E-state index in [-0.39, 0.29) is 5.91 Å². The number of hydrogen-bond acceptors (Lipinski definition) is 3. The van der Waals surface area contributed by atoms with Crippen LogP contribution in [-0.2, 0) is 9.63 Å². The van der Waals surface area contributed by atoms with E-state index in [0.717, 1.165) is 16.4 Å². The molecule has 0 aliphatic rings. The molecule has 0 unspecified atom stereocenters. The van der Waals surface area contributed by atoms with Crippen molar-refractivity contribution >= 4 is 12.0 Å². The molecule has 0 aromatic heterocycles. The van der Waals surface area contributed by atoms with Gasteiger partial charge in [-0.3, -0.25) is 9.63 Å². The molecule has 1 aromatic rings. The largest absolute Gasteiger partial charge is 0.496 e. The Hall–Kier alpha value is -1.81. The van der Waals surface area contributed by atoms with Crippen molar-refractivity contribution in [3.05, 3.63) is 35.9 Å². The first-order chi connectivity index (χ1) is 7.69. The van der Waals surface area contributed by atoms with E-state index in [2.05, 4.69) is 0 Å². The molecule has 0 heterocycles. The molecule has 0 bridgehead atoms. The lowest BCUT2D eigenvalue weighted by atomic mass is 10.2. The van der Waals surface area contributed by atoms with Crippen molar-refractivity contribution < 1.29 is 14.4 Å². The number of hydrogen-bond donors (Lipinski definition) is 0. The molecule has 4 heteroatoms. The number of benzene rings is 1. The highest BCUT2D eigenvalue weighted by molar-refractivity contribution is 5.91. The minimum atomic E-state index is -0.228. The summed E-state index contributed by atoms with van der Waals surface area (Å²) in [6.07, 6.45) is 3.12. The molecular weight excluding hydrogens is 206 g/mol. The lowest BCUT2D eigenvalue weighted by Gasteiger charge is -2.10. The number of rotatable bonds is 4. The molecule has 4 nitrogen and oxygen atoms in total. The van der Waals surface area contributed by atoms with Crippen LogP contribution in [0.25, 0.3) is 6.08 Å². The molecular formula is C12H15NO3. The normalized spacial score (nSPS) is 10.4. The summed E-state index contributed by atoms with van der Waals surface area (Å²) in [5, 5.41) is 1.14. The third-order valence-corrected chi connectivity index (χ3v) is 2.13. The fraction of sp³-hybridized carbons (Fsp3) is 0.250. The van der Waals surface area contributed by atoms with Crippen LogP contribution in [0.5, 0.6) is 5.75 Å². The van der Waals surface area contributed by atoms with Crippen LogP contribution in [0.4, 0.5) is 0 Å². The number of para-hydroxylation sites is 1. The number of carbonyl (C=O) groups excluding carboxylic acids is 1. The smallest absolute Gasteiger partial charge is 0.269 e. The Balaban J connectivity index is 2.80. The lowest BCUT2D eigenvalue weighted by Crippen LogP contribution is -2.22. The maximum atomic E-state index is 11.4. The number of methoxy groups -OCH3 is 1. The summed E-state index contributed by atoms with van der Waals surface area (Å²) in [5.74, 6) is 0.500. The minimum Gasteiger partial charge on any atom is -0.496 e. The molecule has 0 N–H and O–H groups in total. The van der Waals surface area contributed by atoms with Crippen LogP contribution < -0.4 is 4.74 Å². The average molecular weight is 221 g/mol. The summed E-state index contributed by atoms with van der Waals surface area (Å²) in [6, 6.07) is 7.46. The van der Waals surface area contributed by atoms with E-state index in [4.69, 9.17) is 9.57 Å². The Morgan fingerprint density at radius 3 is 2.62 bits per heavy atom. The van der Waals surface area contributed by atoms with Gasteiger partial charge in [-0.15, -0.1) is 0 Å². The number of hydroxylamine groups is 2. The van der Waals surface area contributed by atoms with E-state index in [1.807, 2.05) is 24.3 Å². The second kappa shape index (κ2) is 5.92. The van der Waals surface area contributed by atoms with Gasteiger partial charge in [0.05, 0.1) is 14.2 Å². The summed E-state index contributed by atoms with van der Waals surface area (Å²) >= 11 is 0. The maximum Gasteiger partial charge on any atom is 0.269 e. The fourth-order valence-corrected chi connectivity index (χ4v) is 1.16. The highest BCUT2D eigenvalue weighted by Crippen LogP contribution is 2.18. The highest BCUT2D eigenvalue weighted by atomic mass is 16.7. The van der Waals surface area contributed by atoms with Crippen LogP contribution in [-0.4, -0.2) is 32.2 Å². The number of carbonyl (C=O) groups is 1. The first-order valence-electron chi connectivity index (χ1n) is 4.82. The summed E-state index contributed by atoms with van der Waals surface area (Å²) in [5.41, 5.74) is 0.850. The molecule has 1 amide bonds. The molecule has 1 aromatic carbocycles. The van der Waals surface area contributed by atoms with Gasteiger partial charge in [0.1, 0.15) is 5.75 Å². The van der Waals surface area contributed by atoms with E-state index in [1.165, 1.54) is 13.2 Å². The van der Waals surface area contributed by atoms with Crippen LogP contribution in [0.3, 0.4) is 0 Å². The van der Waals surface area contributed by atoms with Crippen molar-refractivity contribution in [3.63, 3.8) is 0 Å². The Labute approximate surface area is 95.0 Å². The van der Waals surface area contributed by atoms with Gasteiger partial charge in [-0.25, -0.2) is 5.06 Å². The third-order valence-electron chi connectivity index (χ3n) is 2.13. The number of amides is 1.